The number of hydrogen-bond acceptors (Lipinski definition) is 3. The van der Waals surface area contributed by atoms with Crippen molar-refractivity contribution in [3.05, 3.63) is 35.6 Å². The van der Waals surface area contributed by atoms with E-state index in [-0.39, 0.29) is 18.3 Å². The number of urea groups is 1. The number of rotatable bonds is 9. The van der Waals surface area contributed by atoms with Crippen molar-refractivity contribution in [2.75, 3.05) is 20.3 Å². The van der Waals surface area contributed by atoms with Gasteiger partial charge in [-0.15, -0.1) is 0 Å². The minimum Gasteiger partial charge on any atom is -0.383 e. The van der Waals surface area contributed by atoms with Crippen molar-refractivity contribution >= 4 is 11.9 Å². The van der Waals surface area contributed by atoms with Crippen LogP contribution in [0, 0.1) is 5.82 Å². The smallest absolute Gasteiger partial charge is 0.315 e. The lowest BCUT2D eigenvalue weighted by molar-refractivity contribution is -0.123. The average molecular weight is 325 g/mol. The standard InChI is InChI=1S/C16H24FN3O3/c1-3-4-14(15(21)18-9-10-23-2)20-16(22)19-11-12-5-7-13(17)8-6-12/h5-8,14H,3-4,9-11H2,1-2H3,(H,18,21)(H2,19,20,22)/t14-/m1/s1. The molecule has 7 heteroatoms. The number of methoxy groups -OCH3 is 1. The topological polar surface area (TPSA) is 79.5 Å². The van der Waals surface area contributed by atoms with Gasteiger partial charge in [-0.2, -0.15) is 0 Å². The number of amides is 3. The zero-order valence-corrected chi connectivity index (χ0v) is 13.5. The summed E-state index contributed by atoms with van der Waals surface area (Å²) in [4.78, 5) is 23.9. The Balaban J connectivity index is 2.43. The number of halogens is 1. The molecule has 0 aliphatic rings. The molecule has 1 aromatic carbocycles. The fourth-order valence-electron chi connectivity index (χ4n) is 1.95. The molecule has 0 unspecified atom stereocenters. The summed E-state index contributed by atoms with van der Waals surface area (Å²) in [5.74, 6) is -0.560. The van der Waals surface area contributed by atoms with E-state index in [4.69, 9.17) is 4.74 Å². The highest BCUT2D eigenvalue weighted by Gasteiger charge is 2.19. The lowest BCUT2D eigenvalue weighted by atomic mass is 10.1. The van der Waals surface area contributed by atoms with E-state index in [1.165, 1.54) is 12.1 Å². The van der Waals surface area contributed by atoms with Crippen LogP contribution in [-0.2, 0) is 16.1 Å². The van der Waals surface area contributed by atoms with Gasteiger partial charge >= 0.3 is 6.03 Å². The number of carbonyl (C=O) groups is 2. The van der Waals surface area contributed by atoms with Gasteiger partial charge in [-0.05, 0) is 24.1 Å². The molecule has 0 aromatic heterocycles. The molecule has 1 rings (SSSR count). The fraction of sp³-hybridized carbons (Fsp3) is 0.500. The molecule has 1 atom stereocenters. The van der Waals surface area contributed by atoms with Crippen molar-refractivity contribution in [1.82, 2.24) is 16.0 Å². The van der Waals surface area contributed by atoms with E-state index < -0.39 is 12.1 Å². The number of carbonyl (C=O) groups excluding carboxylic acids is 2. The van der Waals surface area contributed by atoms with E-state index in [9.17, 15) is 14.0 Å². The molecule has 128 valence electrons. The monoisotopic (exact) mass is 325 g/mol. The summed E-state index contributed by atoms with van der Waals surface area (Å²) in [7, 11) is 1.55. The maximum atomic E-state index is 12.8. The van der Waals surface area contributed by atoms with Crippen LogP contribution in [0.2, 0.25) is 0 Å². The predicted octanol–water partition coefficient (Wildman–Crippen LogP) is 1.56. The molecule has 3 N–H and O–H groups in total. The van der Waals surface area contributed by atoms with Gasteiger partial charge in [0.15, 0.2) is 0 Å². The average Bonchev–Trinajstić information content (AvgIpc) is 2.54. The van der Waals surface area contributed by atoms with Crippen LogP contribution in [0.1, 0.15) is 25.3 Å². The maximum Gasteiger partial charge on any atom is 0.315 e. The van der Waals surface area contributed by atoms with Gasteiger partial charge in [0.05, 0.1) is 6.61 Å². The van der Waals surface area contributed by atoms with Crippen molar-refractivity contribution in [2.24, 2.45) is 0 Å². The highest BCUT2D eigenvalue weighted by molar-refractivity contribution is 5.86. The Hall–Kier alpha value is -2.15. The van der Waals surface area contributed by atoms with Crippen LogP contribution in [0.25, 0.3) is 0 Å². The SMILES string of the molecule is CCC[C@@H](NC(=O)NCc1ccc(F)cc1)C(=O)NCCOC. The fourth-order valence-corrected chi connectivity index (χ4v) is 1.95. The van der Waals surface area contributed by atoms with Gasteiger partial charge in [0, 0.05) is 20.2 Å². The second-order valence-electron chi connectivity index (χ2n) is 5.08. The molecule has 0 radical (unpaired) electrons. The molecular formula is C16H24FN3O3. The van der Waals surface area contributed by atoms with E-state index in [0.717, 1.165) is 12.0 Å². The first kappa shape index (κ1) is 18.9. The number of hydrogen-bond donors (Lipinski definition) is 3. The van der Waals surface area contributed by atoms with Crippen LogP contribution in [-0.4, -0.2) is 38.2 Å². The normalized spacial score (nSPS) is 11.6. The Labute approximate surface area is 135 Å². The largest absolute Gasteiger partial charge is 0.383 e. The minimum atomic E-state index is -0.593. The third kappa shape index (κ3) is 7.60. The lowest BCUT2D eigenvalue weighted by Crippen LogP contribution is -2.50. The molecule has 0 saturated heterocycles. The van der Waals surface area contributed by atoms with Crippen LogP contribution in [0.4, 0.5) is 9.18 Å². The van der Waals surface area contributed by atoms with E-state index in [0.29, 0.717) is 19.6 Å². The van der Waals surface area contributed by atoms with Crippen molar-refractivity contribution in [3.8, 4) is 0 Å². The number of nitrogens with one attached hydrogen (secondary N) is 3. The van der Waals surface area contributed by atoms with Crippen molar-refractivity contribution in [2.45, 2.75) is 32.4 Å². The first-order chi connectivity index (χ1) is 11.1. The third-order valence-electron chi connectivity index (χ3n) is 3.17. The minimum absolute atomic E-state index is 0.235. The molecule has 23 heavy (non-hydrogen) atoms. The molecule has 0 bridgehead atoms. The molecular weight excluding hydrogens is 301 g/mol. The van der Waals surface area contributed by atoms with Gasteiger partial charge in [-0.3, -0.25) is 4.79 Å². The van der Waals surface area contributed by atoms with Crippen molar-refractivity contribution in [1.29, 1.82) is 0 Å². The Bertz CT molecular complexity index is 494. The van der Waals surface area contributed by atoms with Gasteiger partial charge < -0.3 is 20.7 Å². The Kier molecular flexibility index (Phi) is 8.67. The number of benzene rings is 1. The summed E-state index contributed by atoms with van der Waals surface area (Å²) in [6.45, 7) is 3.01. The van der Waals surface area contributed by atoms with Gasteiger partial charge in [0.25, 0.3) is 0 Å². The van der Waals surface area contributed by atoms with Gasteiger partial charge in [0.2, 0.25) is 5.91 Å². The van der Waals surface area contributed by atoms with E-state index in [1.807, 2.05) is 6.92 Å². The first-order valence-corrected chi connectivity index (χ1v) is 7.62. The Morgan fingerprint density at radius 3 is 2.52 bits per heavy atom. The van der Waals surface area contributed by atoms with Gasteiger partial charge in [-0.1, -0.05) is 25.5 Å². The van der Waals surface area contributed by atoms with E-state index >= 15 is 0 Å². The van der Waals surface area contributed by atoms with Crippen molar-refractivity contribution in [3.63, 3.8) is 0 Å². The number of ether oxygens (including phenoxy) is 1. The summed E-state index contributed by atoms with van der Waals surface area (Å²) >= 11 is 0. The summed E-state index contributed by atoms with van der Waals surface area (Å²) in [5, 5.41) is 8.01. The molecule has 0 spiro atoms. The Morgan fingerprint density at radius 1 is 1.22 bits per heavy atom. The Morgan fingerprint density at radius 2 is 1.91 bits per heavy atom. The molecule has 0 aliphatic heterocycles. The third-order valence-corrected chi connectivity index (χ3v) is 3.17. The lowest BCUT2D eigenvalue weighted by Gasteiger charge is -2.18. The summed E-state index contributed by atoms with van der Waals surface area (Å²) in [5.41, 5.74) is 0.776. The van der Waals surface area contributed by atoms with Gasteiger partial charge in [-0.25, -0.2) is 9.18 Å². The molecule has 0 fully saturated rings. The highest BCUT2D eigenvalue weighted by atomic mass is 19.1. The van der Waals surface area contributed by atoms with E-state index in [2.05, 4.69) is 16.0 Å². The highest BCUT2D eigenvalue weighted by Crippen LogP contribution is 2.02. The van der Waals surface area contributed by atoms with Crippen LogP contribution in [0.3, 0.4) is 0 Å². The molecule has 6 nitrogen and oxygen atoms in total. The second-order valence-corrected chi connectivity index (χ2v) is 5.08. The van der Waals surface area contributed by atoms with Crippen LogP contribution < -0.4 is 16.0 Å². The second kappa shape index (κ2) is 10.6. The van der Waals surface area contributed by atoms with Crippen LogP contribution in [0.15, 0.2) is 24.3 Å². The molecule has 1 aromatic rings. The van der Waals surface area contributed by atoms with E-state index in [1.54, 1.807) is 19.2 Å². The summed E-state index contributed by atoms with van der Waals surface area (Å²) in [6, 6.07) is 4.82. The van der Waals surface area contributed by atoms with Crippen LogP contribution >= 0.6 is 0 Å². The summed E-state index contributed by atoms with van der Waals surface area (Å²) < 4.78 is 17.7. The predicted molar refractivity (Wildman–Crippen MR) is 85.4 cm³/mol. The summed E-state index contributed by atoms with van der Waals surface area (Å²) in [6.07, 6.45) is 1.31. The van der Waals surface area contributed by atoms with Crippen molar-refractivity contribution < 1.29 is 18.7 Å². The molecule has 0 heterocycles. The maximum absolute atomic E-state index is 12.8. The molecule has 0 saturated carbocycles. The quantitative estimate of drug-likeness (QED) is 0.603. The van der Waals surface area contributed by atoms with Crippen LogP contribution in [0.5, 0.6) is 0 Å². The first-order valence-electron chi connectivity index (χ1n) is 7.62. The molecule has 0 aliphatic carbocycles. The molecule has 3 amide bonds. The zero-order chi connectivity index (χ0) is 17.1. The zero-order valence-electron chi connectivity index (χ0n) is 13.5. The van der Waals surface area contributed by atoms with Gasteiger partial charge in [0.1, 0.15) is 11.9 Å².